The van der Waals surface area contributed by atoms with Gasteiger partial charge in [-0.1, -0.05) is 6.92 Å². The van der Waals surface area contributed by atoms with Gasteiger partial charge >= 0.3 is 6.03 Å². The Morgan fingerprint density at radius 1 is 1.55 bits per heavy atom. The average Bonchev–Trinajstić information content (AvgIpc) is 3.14. The van der Waals surface area contributed by atoms with Gasteiger partial charge in [0.1, 0.15) is 5.01 Å². The lowest BCUT2D eigenvalue weighted by Gasteiger charge is -2.19. The van der Waals surface area contributed by atoms with Crippen LogP contribution in [0.2, 0.25) is 0 Å². The summed E-state index contributed by atoms with van der Waals surface area (Å²) in [7, 11) is 0. The van der Waals surface area contributed by atoms with Crippen LogP contribution in [0.1, 0.15) is 62.7 Å². The molecule has 2 N–H and O–H groups in total. The number of carbonyl (C=O) groups is 1. The van der Waals surface area contributed by atoms with Gasteiger partial charge in [0.25, 0.3) is 0 Å². The highest BCUT2D eigenvalue weighted by Gasteiger charge is 2.19. The number of aromatic nitrogens is 1. The maximum absolute atomic E-state index is 12.1. The molecule has 6 heteroatoms. The van der Waals surface area contributed by atoms with E-state index in [0.29, 0.717) is 6.10 Å². The normalized spacial score (nSPS) is 20.6. The second-order valence-electron chi connectivity index (χ2n) is 6.02. The second-order valence-corrected chi connectivity index (χ2v) is 6.91. The monoisotopic (exact) mass is 325 g/mol. The lowest BCUT2D eigenvalue weighted by molar-refractivity contribution is 0.100. The summed E-state index contributed by atoms with van der Waals surface area (Å²) < 4.78 is 5.62. The standard InChI is InChI=1S/C16H27N3O2S/c1-4-14(15-17-12(3)10-22-15)19-16(20)18-11(2)7-8-13-6-5-9-21-13/h10-11,13-14H,4-9H2,1-3H3,(H2,18,19,20)/t11-,13+,14-/m0/s1. The molecule has 124 valence electrons. The van der Waals surface area contributed by atoms with Crippen LogP contribution in [0.5, 0.6) is 0 Å². The summed E-state index contributed by atoms with van der Waals surface area (Å²) in [5, 5.41) is 9.03. The predicted octanol–water partition coefficient (Wildman–Crippen LogP) is 3.55. The first-order valence-corrected chi connectivity index (χ1v) is 9.07. The second kappa shape index (κ2) is 8.48. The van der Waals surface area contributed by atoms with E-state index in [1.807, 2.05) is 19.2 Å². The Bertz CT molecular complexity index is 472. The van der Waals surface area contributed by atoms with Crippen LogP contribution in [0.15, 0.2) is 5.38 Å². The van der Waals surface area contributed by atoms with Crippen molar-refractivity contribution in [3.05, 3.63) is 16.1 Å². The third-order valence-electron chi connectivity index (χ3n) is 3.97. The number of urea groups is 1. The zero-order valence-corrected chi connectivity index (χ0v) is 14.5. The SMILES string of the molecule is CC[C@H](NC(=O)N[C@@H](C)CC[C@H]1CCCO1)c1nc(C)cs1. The van der Waals surface area contributed by atoms with Crippen LogP contribution in [0.4, 0.5) is 4.79 Å². The average molecular weight is 325 g/mol. The summed E-state index contributed by atoms with van der Waals surface area (Å²) in [6.45, 7) is 6.96. The molecular formula is C16H27N3O2S. The molecule has 1 saturated heterocycles. The van der Waals surface area contributed by atoms with Gasteiger partial charge in [-0.25, -0.2) is 9.78 Å². The topological polar surface area (TPSA) is 63.2 Å². The molecule has 1 aliphatic rings. The van der Waals surface area contributed by atoms with E-state index in [0.717, 1.165) is 43.0 Å². The first-order chi connectivity index (χ1) is 10.6. The zero-order chi connectivity index (χ0) is 15.9. The summed E-state index contributed by atoms with van der Waals surface area (Å²) in [4.78, 5) is 16.6. The van der Waals surface area contributed by atoms with Gasteiger partial charge in [0.05, 0.1) is 12.1 Å². The van der Waals surface area contributed by atoms with E-state index < -0.39 is 0 Å². The van der Waals surface area contributed by atoms with Gasteiger partial charge in [0.15, 0.2) is 0 Å². The van der Waals surface area contributed by atoms with Crippen LogP contribution in [-0.2, 0) is 4.74 Å². The summed E-state index contributed by atoms with van der Waals surface area (Å²) in [5.74, 6) is 0. The largest absolute Gasteiger partial charge is 0.378 e. The molecule has 3 atom stereocenters. The highest BCUT2D eigenvalue weighted by Crippen LogP contribution is 2.21. The summed E-state index contributed by atoms with van der Waals surface area (Å²) in [5.41, 5.74) is 1.01. The Balaban J connectivity index is 1.73. The lowest BCUT2D eigenvalue weighted by atomic mass is 10.1. The quantitative estimate of drug-likeness (QED) is 0.806. The molecular weight excluding hydrogens is 298 g/mol. The van der Waals surface area contributed by atoms with Gasteiger partial charge in [-0.2, -0.15) is 0 Å². The van der Waals surface area contributed by atoms with Crippen LogP contribution in [0.3, 0.4) is 0 Å². The third kappa shape index (κ3) is 5.25. The minimum Gasteiger partial charge on any atom is -0.378 e. The van der Waals surface area contributed by atoms with E-state index in [-0.39, 0.29) is 18.1 Å². The number of thiazole rings is 1. The van der Waals surface area contributed by atoms with Gasteiger partial charge < -0.3 is 15.4 Å². The van der Waals surface area contributed by atoms with Crippen molar-refractivity contribution in [2.75, 3.05) is 6.61 Å². The molecule has 1 aromatic rings. The van der Waals surface area contributed by atoms with Gasteiger partial charge in [0, 0.05) is 23.7 Å². The van der Waals surface area contributed by atoms with Crippen molar-refractivity contribution < 1.29 is 9.53 Å². The fourth-order valence-corrected chi connectivity index (χ4v) is 3.60. The molecule has 2 heterocycles. The molecule has 1 aromatic heterocycles. The number of nitrogens with zero attached hydrogens (tertiary/aromatic N) is 1. The first-order valence-electron chi connectivity index (χ1n) is 8.19. The Morgan fingerprint density at radius 2 is 2.36 bits per heavy atom. The first kappa shape index (κ1) is 17.2. The van der Waals surface area contributed by atoms with E-state index in [1.54, 1.807) is 11.3 Å². The fourth-order valence-electron chi connectivity index (χ4n) is 2.67. The van der Waals surface area contributed by atoms with Crippen LogP contribution < -0.4 is 10.6 Å². The van der Waals surface area contributed by atoms with Crippen molar-refractivity contribution in [3.63, 3.8) is 0 Å². The number of carbonyl (C=O) groups excluding carboxylic acids is 1. The molecule has 1 fully saturated rings. The Morgan fingerprint density at radius 3 is 2.95 bits per heavy atom. The van der Waals surface area contributed by atoms with Crippen LogP contribution in [0.25, 0.3) is 0 Å². The Labute approximate surface area is 136 Å². The zero-order valence-electron chi connectivity index (χ0n) is 13.7. The van der Waals surface area contributed by atoms with Crippen molar-refractivity contribution in [3.8, 4) is 0 Å². The highest BCUT2D eigenvalue weighted by molar-refractivity contribution is 7.09. The molecule has 0 aromatic carbocycles. The smallest absolute Gasteiger partial charge is 0.315 e. The number of hydrogen-bond acceptors (Lipinski definition) is 4. The van der Waals surface area contributed by atoms with E-state index in [2.05, 4.69) is 22.5 Å². The Kier molecular flexibility index (Phi) is 6.64. The number of nitrogens with one attached hydrogen (secondary N) is 2. The van der Waals surface area contributed by atoms with Crippen molar-refractivity contribution >= 4 is 17.4 Å². The minimum absolute atomic E-state index is 0.0101. The predicted molar refractivity (Wildman–Crippen MR) is 89.2 cm³/mol. The third-order valence-corrected chi connectivity index (χ3v) is 5.05. The number of ether oxygens (including phenoxy) is 1. The summed E-state index contributed by atoms with van der Waals surface area (Å²) in [6.07, 6.45) is 5.51. The number of amides is 2. The number of aryl methyl sites for hydroxylation is 1. The molecule has 0 radical (unpaired) electrons. The van der Waals surface area contributed by atoms with E-state index in [1.165, 1.54) is 6.42 Å². The van der Waals surface area contributed by atoms with Crippen molar-refractivity contribution in [1.82, 2.24) is 15.6 Å². The molecule has 0 bridgehead atoms. The van der Waals surface area contributed by atoms with Crippen LogP contribution in [0, 0.1) is 6.92 Å². The molecule has 0 saturated carbocycles. The van der Waals surface area contributed by atoms with Gasteiger partial charge in [-0.05, 0) is 46.0 Å². The van der Waals surface area contributed by atoms with Gasteiger partial charge in [0.2, 0.25) is 0 Å². The van der Waals surface area contributed by atoms with E-state index in [9.17, 15) is 4.79 Å². The number of rotatable bonds is 7. The maximum Gasteiger partial charge on any atom is 0.315 e. The maximum atomic E-state index is 12.1. The Hall–Kier alpha value is -1.14. The van der Waals surface area contributed by atoms with E-state index >= 15 is 0 Å². The molecule has 1 aliphatic heterocycles. The van der Waals surface area contributed by atoms with Crippen molar-refractivity contribution in [1.29, 1.82) is 0 Å². The molecule has 0 aliphatic carbocycles. The van der Waals surface area contributed by atoms with Crippen LogP contribution in [-0.4, -0.2) is 29.8 Å². The molecule has 2 rings (SSSR count). The fraction of sp³-hybridized carbons (Fsp3) is 0.750. The highest BCUT2D eigenvalue weighted by atomic mass is 32.1. The minimum atomic E-state index is -0.112. The van der Waals surface area contributed by atoms with Crippen molar-refractivity contribution in [2.24, 2.45) is 0 Å². The van der Waals surface area contributed by atoms with Crippen molar-refractivity contribution in [2.45, 2.75) is 71.1 Å². The van der Waals surface area contributed by atoms with Gasteiger partial charge in [-0.15, -0.1) is 11.3 Å². The van der Waals surface area contributed by atoms with Gasteiger partial charge in [-0.3, -0.25) is 0 Å². The van der Waals surface area contributed by atoms with Crippen LogP contribution >= 0.6 is 11.3 Å². The molecule has 0 unspecified atom stereocenters. The molecule has 2 amide bonds. The summed E-state index contributed by atoms with van der Waals surface area (Å²) in [6, 6.07) is 0.0309. The van der Waals surface area contributed by atoms with E-state index in [4.69, 9.17) is 4.74 Å². The molecule has 22 heavy (non-hydrogen) atoms. The lowest BCUT2D eigenvalue weighted by Crippen LogP contribution is -2.42. The molecule has 0 spiro atoms. The number of hydrogen-bond donors (Lipinski definition) is 2. The summed E-state index contributed by atoms with van der Waals surface area (Å²) >= 11 is 1.60. The molecule has 5 nitrogen and oxygen atoms in total.